The molecule has 0 fully saturated rings. The van der Waals surface area contributed by atoms with Crippen molar-refractivity contribution in [3.8, 4) is 16.8 Å². The summed E-state index contributed by atoms with van der Waals surface area (Å²) in [5.74, 6) is 5.78. The number of carbonyl (C=O) groups is 1. The molecule has 0 atom stereocenters. The summed E-state index contributed by atoms with van der Waals surface area (Å²) >= 11 is 1.68. The first-order chi connectivity index (χ1) is 19.8. The van der Waals surface area contributed by atoms with Gasteiger partial charge in [0.2, 0.25) is 5.91 Å². The van der Waals surface area contributed by atoms with Crippen molar-refractivity contribution in [1.29, 1.82) is 0 Å². The van der Waals surface area contributed by atoms with Crippen molar-refractivity contribution >= 4 is 45.3 Å². The Balaban J connectivity index is 1.56. The molecule has 0 saturated heterocycles. The average molecular weight is 571 g/mol. The smallest absolute Gasteiger partial charge is 0.338 e. The number of hydrogen-bond donors (Lipinski definition) is 1. The molecule has 0 radical (unpaired) electrons. The zero-order valence-electron chi connectivity index (χ0n) is 23.8. The van der Waals surface area contributed by atoms with Crippen LogP contribution in [0.3, 0.4) is 0 Å². The van der Waals surface area contributed by atoms with Gasteiger partial charge in [-0.2, -0.15) is 10.2 Å². The summed E-state index contributed by atoms with van der Waals surface area (Å²) in [5.41, 5.74) is 5.78. The van der Waals surface area contributed by atoms with E-state index in [0.29, 0.717) is 31.9 Å². The number of hydrazone groups is 1. The molecule has 11 heteroatoms. The van der Waals surface area contributed by atoms with Crippen LogP contribution in [0.15, 0.2) is 51.3 Å². The fourth-order valence-electron chi connectivity index (χ4n) is 5.26. The maximum atomic E-state index is 13.0. The van der Waals surface area contributed by atoms with Crippen molar-refractivity contribution in [2.45, 2.75) is 40.0 Å². The van der Waals surface area contributed by atoms with E-state index in [1.165, 1.54) is 17.1 Å². The lowest BCUT2D eigenvalue weighted by atomic mass is 9.97. The van der Waals surface area contributed by atoms with Crippen molar-refractivity contribution in [2.24, 2.45) is 23.0 Å². The van der Waals surface area contributed by atoms with E-state index in [1.807, 2.05) is 24.8 Å². The molecule has 2 N–H and O–H groups in total. The third-order valence-corrected chi connectivity index (χ3v) is 8.40. The zero-order valence-corrected chi connectivity index (χ0v) is 24.6. The van der Waals surface area contributed by atoms with Crippen molar-refractivity contribution < 1.29 is 4.79 Å². The molecular formula is C30H34N8O2S. The van der Waals surface area contributed by atoms with Gasteiger partial charge in [0, 0.05) is 71.2 Å². The number of carbonyl (C=O) groups excluding carboxylic acids is 1. The molecule has 41 heavy (non-hydrogen) atoms. The first-order valence-electron chi connectivity index (χ1n) is 13.7. The minimum atomic E-state index is -0.189. The lowest BCUT2D eigenvalue weighted by Gasteiger charge is -2.27. The molecule has 0 bridgehead atoms. The average Bonchev–Trinajstić information content (AvgIpc) is 3.51. The molecule has 0 saturated carbocycles. The normalized spacial score (nSPS) is 14.0. The van der Waals surface area contributed by atoms with E-state index in [0.717, 1.165) is 61.6 Å². The molecule has 0 spiro atoms. The Morgan fingerprint density at radius 2 is 2.00 bits per heavy atom. The molecule has 3 aromatic heterocycles. The van der Waals surface area contributed by atoms with Gasteiger partial charge >= 0.3 is 5.69 Å². The summed E-state index contributed by atoms with van der Waals surface area (Å²) in [5, 5.41) is 8.82. The Kier molecular flexibility index (Phi) is 8.25. The molecule has 10 nitrogen and oxygen atoms in total. The van der Waals surface area contributed by atoms with Crippen LogP contribution in [0.4, 0.5) is 0 Å². The Bertz CT molecular complexity index is 1760. The second-order valence-corrected chi connectivity index (χ2v) is 11.1. The standard InChI is InChI=1S/C30H34N8O2S/c1-5-26-23(9-8-19(2)34-26)24-15-22(38-20(3)35-36(4)30(38)40)16-28-25(24)17-27(41-28)21-7-6-14-37(18-21)29(39)10-11-32-12-13-33-31/h7-9,12-13,15-17H,5-6,10-11,14,18,31H2,1-4H3/b32-12?,33-13-. The number of aromatic nitrogens is 4. The Labute approximate surface area is 242 Å². The molecule has 4 aromatic rings. The van der Waals surface area contributed by atoms with Crippen LogP contribution < -0.4 is 11.5 Å². The third kappa shape index (κ3) is 5.76. The highest BCUT2D eigenvalue weighted by atomic mass is 32.1. The number of amides is 1. The van der Waals surface area contributed by atoms with E-state index >= 15 is 0 Å². The van der Waals surface area contributed by atoms with Crippen LogP contribution in [-0.4, -0.2) is 62.2 Å². The van der Waals surface area contributed by atoms with E-state index in [2.05, 4.69) is 52.5 Å². The van der Waals surface area contributed by atoms with Crippen LogP contribution in [0, 0.1) is 13.8 Å². The van der Waals surface area contributed by atoms with Crippen LogP contribution in [0.2, 0.25) is 0 Å². The molecule has 5 rings (SSSR count). The van der Waals surface area contributed by atoms with E-state index in [4.69, 9.17) is 10.8 Å². The highest BCUT2D eigenvalue weighted by molar-refractivity contribution is 7.20. The van der Waals surface area contributed by atoms with E-state index < -0.39 is 0 Å². The Morgan fingerprint density at radius 3 is 2.73 bits per heavy atom. The Morgan fingerprint density at radius 1 is 1.17 bits per heavy atom. The minimum absolute atomic E-state index is 0.0752. The first kappa shape index (κ1) is 28.2. The molecule has 1 aliphatic heterocycles. The summed E-state index contributed by atoms with van der Waals surface area (Å²) < 4.78 is 4.07. The van der Waals surface area contributed by atoms with E-state index in [-0.39, 0.29) is 11.6 Å². The van der Waals surface area contributed by atoms with Crippen molar-refractivity contribution in [3.63, 3.8) is 0 Å². The molecule has 4 heterocycles. The van der Waals surface area contributed by atoms with Gasteiger partial charge in [-0.05, 0) is 62.1 Å². The lowest BCUT2D eigenvalue weighted by Crippen LogP contribution is -2.35. The number of fused-ring (bicyclic) bond motifs is 1. The highest BCUT2D eigenvalue weighted by Crippen LogP contribution is 2.40. The van der Waals surface area contributed by atoms with E-state index in [1.54, 1.807) is 23.0 Å². The van der Waals surface area contributed by atoms with Crippen LogP contribution in [0.25, 0.3) is 32.5 Å². The minimum Gasteiger partial charge on any atom is -0.338 e. The maximum Gasteiger partial charge on any atom is 0.350 e. The molecule has 0 aliphatic carbocycles. The second-order valence-electron chi connectivity index (χ2n) is 10.0. The second kappa shape index (κ2) is 12.0. The molecular weight excluding hydrogens is 536 g/mol. The molecule has 212 valence electrons. The lowest BCUT2D eigenvalue weighted by molar-refractivity contribution is -0.130. The number of thiophene rings is 1. The summed E-state index contributed by atoms with van der Waals surface area (Å²) in [6, 6.07) is 10.5. The van der Waals surface area contributed by atoms with Gasteiger partial charge in [-0.1, -0.05) is 19.1 Å². The van der Waals surface area contributed by atoms with Crippen molar-refractivity contribution in [1.82, 2.24) is 24.2 Å². The summed E-state index contributed by atoms with van der Waals surface area (Å²) in [4.78, 5) is 37.9. The fourth-order valence-corrected chi connectivity index (χ4v) is 6.41. The van der Waals surface area contributed by atoms with Gasteiger partial charge in [-0.15, -0.1) is 11.3 Å². The van der Waals surface area contributed by atoms with Crippen LogP contribution in [-0.2, 0) is 18.3 Å². The van der Waals surface area contributed by atoms with Gasteiger partial charge in [0.1, 0.15) is 5.82 Å². The number of pyridine rings is 1. The summed E-state index contributed by atoms with van der Waals surface area (Å²) in [7, 11) is 1.66. The van der Waals surface area contributed by atoms with Gasteiger partial charge in [0.25, 0.3) is 0 Å². The fraction of sp³-hybridized carbons (Fsp3) is 0.333. The SMILES string of the molecule is CCc1nc(C)ccc1-c1cc(-n2c(C)nn(C)c2=O)cc2sc(C3=CCCN(C(=O)CCN=C/C=N\N)C3)cc12. The van der Waals surface area contributed by atoms with Gasteiger partial charge in [0.15, 0.2) is 0 Å². The number of nitrogens with zero attached hydrogens (tertiary/aromatic N) is 7. The maximum absolute atomic E-state index is 13.0. The van der Waals surface area contributed by atoms with Crippen LogP contribution >= 0.6 is 11.3 Å². The number of aryl methyl sites for hydroxylation is 4. The highest BCUT2D eigenvalue weighted by Gasteiger charge is 2.22. The Hall–Kier alpha value is -4.38. The number of nitrogens with two attached hydrogens (primary N) is 1. The first-order valence-corrected chi connectivity index (χ1v) is 14.5. The number of aliphatic imine (C=N–C) groups is 1. The molecule has 1 aliphatic rings. The van der Waals surface area contributed by atoms with Gasteiger partial charge < -0.3 is 10.7 Å². The zero-order chi connectivity index (χ0) is 29.1. The topological polar surface area (TPSA) is 124 Å². The predicted octanol–water partition coefficient (Wildman–Crippen LogP) is 4.05. The van der Waals surface area contributed by atoms with E-state index in [9.17, 15) is 9.59 Å². The van der Waals surface area contributed by atoms with Gasteiger partial charge in [-0.25, -0.2) is 14.0 Å². The largest absolute Gasteiger partial charge is 0.350 e. The molecule has 1 amide bonds. The van der Waals surface area contributed by atoms with Crippen molar-refractivity contribution in [2.75, 3.05) is 19.6 Å². The van der Waals surface area contributed by atoms with Gasteiger partial charge in [-0.3, -0.25) is 14.8 Å². The summed E-state index contributed by atoms with van der Waals surface area (Å²) in [6.07, 6.45) is 7.05. The van der Waals surface area contributed by atoms with Gasteiger partial charge in [0.05, 0.1) is 11.9 Å². The number of rotatable bonds is 8. The van der Waals surface area contributed by atoms with Crippen LogP contribution in [0.5, 0.6) is 0 Å². The van der Waals surface area contributed by atoms with Crippen LogP contribution in [0.1, 0.15) is 41.9 Å². The monoisotopic (exact) mass is 570 g/mol. The molecule has 0 unspecified atom stereocenters. The molecule has 1 aromatic carbocycles. The predicted molar refractivity (Wildman–Crippen MR) is 166 cm³/mol. The third-order valence-electron chi connectivity index (χ3n) is 7.24. The van der Waals surface area contributed by atoms with Crippen molar-refractivity contribution in [3.05, 3.63) is 69.0 Å². The number of hydrogen-bond acceptors (Lipinski definition) is 8. The quantitative estimate of drug-likeness (QED) is 0.195. The summed E-state index contributed by atoms with van der Waals surface area (Å²) in [6.45, 7) is 7.58. The number of benzene rings is 1.